The van der Waals surface area contributed by atoms with Gasteiger partial charge in [0, 0.05) is 24.3 Å². The molecule has 0 aliphatic carbocycles. The minimum Gasteiger partial charge on any atom is -0.479 e. The summed E-state index contributed by atoms with van der Waals surface area (Å²) in [5.74, 6) is 1.09. The van der Waals surface area contributed by atoms with E-state index in [-0.39, 0.29) is 29.2 Å². The van der Waals surface area contributed by atoms with Crippen LogP contribution in [0.2, 0.25) is 0 Å². The lowest BCUT2D eigenvalue weighted by Gasteiger charge is -1.86. The maximum absolute atomic E-state index is 9.89. The molecule has 1 saturated heterocycles. The van der Waals surface area contributed by atoms with E-state index < -0.39 is 0 Å². The Morgan fingerprint density at radius 3 is 1.00 bits per heavy atom. The molecule has 1 aliphatic rings. The molecule has 0 bridgehead atoms. The van der Waals surface area contributed by atoms with Gasteiger partial charge in [-0.1, -0.05) is 91.1 Å². The fraction of sp³-hybridized carbons (Fsp3) is 0.0857. The molecule has 0 saturated carbocycles. The molecule has 1 unspecified atom stereocenters. The van der Waals surface area contributed by atoms with Gasteiger partial charge in [0.15, 0.2) is 29.2 Å². The van der Waals surface area contributed by atoms with Crippen molar-refractivity contribution in [1.82, 2.24) is 0 Å². The minimum absolute atomic E-state index is 0.00926. The molecule has 0 aromatic heterocycles. The van der Waals surface area contributed by atoms with E-state index in [4.69, 9.17) is 15.3 Å². The van der Waals surface area contributed by atoms with Crippen LogP contribution in [0, 0.1) is 0 Å². The molecule has 1 fully saturated rings. The zero-order chi connectivity index (χ0) is 34.2. The first-order chi connectivity index (χ1) is 19.8. The van der Waals surface area contributed by atoms with Crippen molar-refractivity contribution in [2.75, 3.05) is 0 Å². The number of ketones is 2. The molecule has 0 radical (unpaired) electrons. The lowest BCUT2D eigenvalue weighted by Crippen LogP contribution is -1.75. The third-order valence-electron chi connectivity index (χ3n) is 2.60. The predicted molar refractivity (Wildman–Crippen MR) is 174 cm³/mol. The second kappa shape index (κ2) is 45.2. The molecule has 7 heteroatoms. The van der Waals surface area contributed by atoms with Gasteiger partial charge in [0.1, 0.15) is 5.76 Å². The molecule has 1 atom stereocenters. The van der Waals surface area contributed by atoms with Gasteiger partial charge in [0.25, 0.3) is 0 Å². The fourth-order valence-corrected chi connectivity index (χ4v) is 1.04. The summed E-state index contributed by atoms with van der Waals surface area (Å²) in [7, 11) is 0. The van der Waals surface area contributed by atoms with E-state index >= 15 is 0 Å². The summed E-state index contributed by atoms with van der Waals surface area (Å²) in [6.07, 6.45) is 13.7. The number of rotatable bonds is 9. The van der Waals surface area contributed by atoms with Gasteiger partial charge in [-0.3, -0.25) is 9.59 Å². The summed E-state index contributed by atoms with van der Waals surface area (Å²) in [6, 6.07) is 0. The second-order valence-electron chi connectivity index (χ2n) is 6.18. The predicted octanol–water partition coefficient (Wildman–Crippen LogP) is 8.61. The molecule has 7 nitrogen and oxygen atoms in total. The second-order valence-corrected chi connectivity index (χ2v) is 6.18. The minimum atomic E-state index is -0.00926. The van der Waals surface area contributed by atoms with Crippen molar-refractivity contribution in [3.63, 3.8) is 0 Å². The Morgan fingerprint density at radius 1 is 0.690 bits per heavy atom. The van der Waals surface area contributed by atoms with Gasteiger partial charge >= 0.3 is 0 Å². The van der Waals surface area contributed by atoms with E-state index in [1.54, 1.807) is 30.4 Å². The molecule has 0 amide bonds. The average molecular weight is 575 g/mol. The van der Waals surface area contributed by atoms with Crippen molar-refractivity contribution in [2.45, 2.75) is 20.0 Å². The van der Waals surface area contributed by atoms with E-state index in [9.17, 15) is 9.59 Å². The Balaban J connectivity index is -0.0000000903. The maximum atomic E-state index is 9.89. The molecule has 0 aromatic carbocycles. The van der Waals surface area contributed by atoms with Crippen LogP contribution in [0.5, 0.6) is 0 Å². The van der Waals surface area contributed by atoms with Crippen LogP contribution < -0.4 is 0 Å². The first kappa shape index (κ1) is 49.2. The normalized spacial score (nSPS) is 9.14. The number of hydrogen-bond donors (Lipinski definition) is 2. The van der Waals surface area contributed by atoms with Crippen LogP contribution in [0.15, 0.2) is 185 Å². The van der Waals surface area contributed by atoms with Crippen LogP contribution in [0.4, 0.5) is 0 Å². The summed E-state index contributed by atoms with van der Waals surface area (Å²) in [6.45, 7) is 42.6. The third-order valence-corrected chi connectivity index (χ3v) is 2.60. The van der Waals surface area contributed by atoms with Crippen molar-refractivity contribution in [3.05, 3.63) is 185 Å². The van der Waals surface area contributed by atoms with E-state index in [0.29, 0.717) is 0 Å². The lowest BCUT2D eigenvalue weighted by molar-refractivity contribution is -0.197. The van der Waals surface area contributed by atoms with Gasteiger partial charge in [-0.25, -0.2) is 10.5 Å². The highest BCUT2D eigenvalue weighted by Gasteiger charge is 2.25. The Labute approximate surface area is 251 Å². The summed E-state index contributed by atoms with van der Waals surface area (Å²) in [4.78, 5) is 27.0. The molecule has 42 heavy (non-hydrogen) atoms. The van der Waals surface area contributed by atoms with Crippen LogP contribution in [0.3, 0.4) is 0 Å². The van der Waals surface area contributed by atoms with E-state index in [1.807, 2.05) is 0 Å². The quantitative estimate of drug-likeness (QED) is 0.0415. The van der Waals surface area contributed by atoms with Gasteiger partial charge < -0.3 is 14.5 Å². The van der Waals surface area contributed by atoms with E-state index in [1.165, 1.54) is 38.2 Å². The van der Waals surface area contributed by atoms with Crippen LogP contribution in [-0.4, -0.2) is 28.2 Å². The number of ether oxygens (including phenoxy) is 1. The third kappa shape index (κ3) is 76.5. The highest BCUT2D eigenvalue weighted by atomic mass is 17.1. The zero-order valence-electron chi connectivity index (χ0n) is 24.7. The molecule has 0 spiro atoms. The topological polar surface area (TPSA) is 106 Å². The molecule has 1 aliphatic heterocycles. The standard InChI is InChI=1S/2C5H6O2.3C5H6O.2C5H6/c2*1-3-4-5(2)7-6;1-3-5-4(2)6-5;2*1-3-4-5(2)6;2*1-3-5-4-2/h2*4,6H,1-2H2;3,5H,1-2H2;2*4H,1H2,2H3;2*3,5H,1-2H2. The Bertz CT molecular complexity index is 1080. The van der Waals surface area contributed by atoms with Crippen LogP contribution in [-0.2, 0) is 24.1 Å². The van der Waals surface area contributed by atoms with Gasteiger partial charge in [-0.2, -0.15) is 0 Å². The van der Waals surface area contributed by atoms with Crippen LogP contribution in [0.25, 0.3) is 0 Å². The molecule has 224 valence electrons. The number of carbonyl (C=O) groups excluding carboxylic acids is 2. The SMILES string of the molecule is C=C=CC(=C)OO.C=C=CC(=C)OO.C=C=CC(C)=O.C=C=CC(C)=O.C=C=CC=C.C=C=CC=C.C=CC1OC1=C. The summed E-state index contributed by atoms with van der Waals surface area (Å²) >= 11 is 0. The van der Waals surface area contributed by atoms with E-state index in [2.05, 4.69) is 123 Å². The van der Waals surface area contributed by atoms with Crippen molar-refractivity contribution < 1.29 is 34.6 Å². The van der Waals surface area contributed by atoms with Gasteiger partial charge in [0.2, 0.25) is 0 Å². The molecular weight excluding hydrogens is 532 g/mol. The molecule has 2 N–H and O–H groups in total. The summed E-state index contributed by atoms with van der Waals surface area (Å²) < 4.78 is 4.75. The lowest BCUT2D eigenvalue weighted by atomic mass is 10.4. The van der Waals surface area contributed by atoms with Crippen molar-refractivity contribution in [3.8, 4) is 0 Å². The number of carbonyl (C=O) groups is 2. The largest absolute Gasteiger partial charge is 0.479 e. The van der Waals surface area contributed by atoms with Crippen molar-refractivity contribution in [1.29, 1.82) is 0 Å². The number of allylic oxidation sites excluding steroid dienone is 8. The monoisotopic (exact) mass is 574 g/mol. The van der Waals surface area contributed by atoms with Crippen LogP contribution >= 0.6 is 0 Å². The van der Waals surface area contributed by atoms with Gasteiger partial charge in [-0.05, 0) is 32.1 Å². The van der Waals surface area contributed by atoms with Crippen molar-refractivity contribution in [2.24, 2.45) is 0 Å². The summed E-state index contributed by atoms with van der Waals surface area (Å²) in [5, 5.41) is 15.5. The molecule has 1 heterocycles. The smallest absolute Gasteiger partial charge is 0.172 e. The first-order valence-electron chi connectivity index (χ1n) is 11.2. The van der Waals surface area contributed by atoms with Crippen molar-refractivity contribution >= 4 is 11.6 Å². The van der Waals surface area contributed by atoms with E-state index in [0.717, 1.165) is 5.76 Å². The number of epoxide rings is 1. The number of hydrogen-bond acceptors (Lipinski definition) is 7. The Kier molecular flexibility index (Phi) is 52.9. The summed E-state index contributed by atoms with van der Waals surface area (Å²) in [5.41, 5.74) is 14.5. The maximum Gasteiger partial charge on any atom is 0.172 e. The molecule has 0 aromatic rings. The molecule has 1 rings (SSSR count). The van der Waals surface area contributed by atoms with Gasteiger partial charge in [-0.15, -0.1) is 34.4 Å². The van der Waals surface area contributed by atoms with Crippen LogP contribution in [0.1, 0.15) is 13.8 Å². The zero-order valence-corrected chi connectivity index (χ0v) is 24.7. The Hall–Kier alpha value is -5.78. The highest BCUT2D eigenvalue weighted by Crippen LogP contribution is 2.24. The highest BCUT2D eigenvalue weighted by molar-refractivity contribution is 5.87. The average Bonchev–Trinajstić information content (AvgIpc) is 3.67. The Morgan fingerprint density at radius 2 is 0.976 bits per heavy atom. The van der Waals surface area contributed by atoms with Gasteiger partial charge in [0.05, 0.1) is 0 Å². The first-order valence-corrected chi connectivity index (χ1v) is 11.2. The fourth-order valence-electron chi connectivity index (χ4n) is 1.04. The molecular formula is C35H42O7.